The Morgan fingerprint density at radius 1 is 1.25 bits per heavy atom. The van der Waals surface area contributed by atoms with Crippen LogP contribution in [0.2, 0.25) is 0 Å². The first kappa shape index (κ1) is 8.84. The molecule has 5 nitrogen and oxygen atoms in total. The molecule has 1 aromatic carbocycles. The number of hydrogen-bond donors (Lipinski definition) is 1. The highest BCUT2D eigenvalue weighted by atomic mass is 16.1. The van der Waals surface area contributed by atoms with E-state index in [1.54, 1.807) is 10.7 Å². The third kappa shape index (κ3) is 1.08. The van der Waals surface area contributed by atoms with Crippen molar-refractivity contribution < 1.29 is 4.79 Å². The van der Waals surface area contributed by atoms with Crippen molar-refractivity contribution in [3.63, 3.8) is 0 Å². The molecule has 0 saturated carbocycles. The number of amides is 1. The van der Waals surface area contributed by atoms with E-state index in [1.165, 1.54) is 6.20 Å². The van der Waals surface area contributed by atoms with E-state index in [4.69, 9.17) is 5.73 Å². The predicted octanol–water partition coefficient (Wildman–Crippen LogP) is 0.981. The number of carbonyl (C=O) groups is 1. The van der Waals surface area contributed by atoms with Gasteiger partial charge in [0.2, 0.25) is 0 Å². The number of nitrogens with two attached hydrogens (primary N) is 1. The van der Waals surface area contributed by atoms with Gasteiger partial charge in [0.15, 0.2) is 5.65 Å². The average molecular weight is 212 g/mol. The maximum absolute atomic E-state index is 11.1. The van der Waals surface area contributed by atoms with Crippen LogP contribution >= 0.6 is 0 Å². The van der Waals surface area contributed by atoms with Crippen molar-refractivity contribution in [1.82, 2.24) is 14.6 Å². The fourth-order valence-electron chi connectivity index (χ4n) is 1.74. The second-order valence-corrected chi connectivity index (χ2v) is 3.47. The van der Waals surface area contributed by atoms with Gasteiger partial charge in [-0.15, -0.1) is 0 Å². The predicted molar refractivity (Wildman–Crippen MR) is 59.0 cm³/mol. The molecule has 3 rings (SSSR count). The number of fused-ring (bicyclic) bond motifs is 3. The summed E-state index contributed by atoms with van der Waals surface area (Å²) in [7, 11) is 0. The lowest BCUT2D eigenvalue weighted by atomic mass is 10.2. The van der Waals surface area contributed by atoms with Gasteiger partial charge in [-0.1, -0.05) is 18.2 Å². The minimum atomic E-state index is -0.516. The topological polar surface area (TPSA) is 73.3 Å². The van der Waals surface area contributed by atoms with Crippen molar-refractivity contribution in [3.8, 4) is 0 Å². The van der Waals surface area contributed by atoms with Crippen molar-refractivity contribution in [1.29, 1.82) is 0 Å². The first-order valence-electron chi connectivity index (χ1n) is 4.78. The lowest BCUT2D eigenvalue weighted by molar-refractivity contribution is 0.100. The highest BCUT2D eigenvalue weighted by Gasteiger charge is 2.11. The first-order chi connectivity index (χ1) is 7.77. The van der Waals surface area contributed by atoms with Crippen molar-refractivity contribution in [2.75, 3.05) is 0 Å². The highest BCUT2D eigenvalue weighted by molar-refractivity contribution is 5.99. The van der Waals surface area contributed by atoms with Crippen molar-refractivity contribution in [3.05, 3.63) is 42.2 Å². The number of carbonyl (C=O) groups excluding carboxylic acids is 1. The Kier molecular flexibility index (Phi) is 1.67. The SMILES string of the molecule is NC(=O)c1cnn2c1ncc1ccccc12. The summed E-state index contributed by atoms with van der Waals surface area (Å²) in [4.78, 5) is 15.3. The molecule has 3 aromatic rings. The molecule has 0 radical (unpaired) electrons. The molecule has 0 fully saturated rings. The van der Waals surface area contributed by atoms with Gasteiger partial charge in [-0.3, -0.25) is 4.79 Å². The molecular formula is C11H8N4O. The van der Waals surface area contributed by atoms with Crippen LogP contribution in [0, 0.1) is 0 Å². The summed E-state index contributed by atoms with van der Waals surface area (Å²) >= 11 is 0. The summed E-state index contributed by atoms with van der Waals surface area (Å²) in [6, 6.07) is 7.69. The molecule has 0 aliphatic carbocycles. The standard InChI is InChI=1S/C11H8N4O/c12-10(16)8-6-14-15-9-4-2-1-3-7(9)5-13-11(8)15/h1-6H,(H2,12,16). The zero-order chi connectivity index (χ0) is 11.1. The number of benzene rings is 1. The van der Waals surface area contributed by atoms with Crippen molar-refractivity contribution >= 4 is 22.5 Å². The van der Waals surface area contributed by atoms with Crippen LogP contribution in [0.25, 0.3) is 16.6 Å². The van der Waals surface area contributed by atoms with E-state index in [2.05, 4.69) is 10.1 Å². The molecule has 1 amide bonds. The van der Waals surface area contributed by atoms with Crippen LogP contribution in [0.1, 0.15) is 10.4 Å². The van der Waals surface area contributed by atoms with Crippen LogP contribution in [0.4, 0.5) is 0 Å². The lowest BCUT2D eigenvalue weighted by Gasteiger charge is -2.00. The summed E-state index contributed by atoms with van der Waals surface area (Å²) in [5.74, 6) is -0.516. The smallest absolute Gasteiger partial charge is 0.254 e. The van der Waals surface area contributed by atoms with Crippen LogP contribution < -0.4 is 5.73 Å². The summed E-state index contributed by atoms with van der Waals surface area (Å²) < 4.78 is 1.62. The van der Waals surface area contributed by atoms with Crippen molar-refractivity contribution in [2.45, 2.75) is 0 Å². The lowest BCUT2D eigenvalue weighted by Crippen LogP contribution is -2.10. The Bertz CT molecular complexity index is 701. The molecule has 78 valence electrons. The molecule has 0 spiro atoms. The molecule has 5 heteroatoms. The molecule has 0 saturated heterocycles. The summed E-state index contributed by atoms with van der Waals surface area (Å²) in [5, 5.41) is 5.09. The van der Waals surface area contributed by atoms with Gasteiger partial charge in [0.25, 0.3) is 5.91 Å². The number of aromatic nitrogens is 3. The molecule has 0 atom stereocenters. The molecule has 2 heterocycles. The number of nitrogens with zero attached hydrogens (tertiary/aromatic N) is 3. The van der Waals surface area contributed by atoms with E-state index < -0.39 is 5.91 Å². The van der Waals surface area contributed by atoms with E-state index in [9.17, 15) is 4.79 Å². The van der Waals surface area contributed by atoms with Gasteiger partial charge in [-0.25, -0.2) is 9.50 Å². The van der Waals surface area contributed by atoms with E-state index in [-0.39, 0.29) is 0 Å². The van der Waals surface area contributed by atoms with E-state index >= 15 is 0 Å². The number of para-hydroxylation sites is 1. The third-order valence-corrected chi connectivity index (χ3v) is 2.50. The Labute approximate surface area is 90.5 Å². The van der Waals surface area contributed by atoms with Crippen LogP contribution in [0.3, 0.4) is 0 Å². The number of hydrogen-bond acceptors (Lipinski definition) is 3. The highest BCUT2D eigenvalue weighted by Crippen LogP contribution is 2.16. The van der Waals surface area contributed by atoms with E-state index in [0.29, 0.717) is 11.2 Å². The molecule has 2 aromatic heterocycles. The second kappa shape index (κ2) is 3.03. The van der Waals surface area contributed by atoms with Gasteiger partial charge in [0, 0.05) is 11.6 Å². The fraction of sp³-hybridized carbons (Fsp3) is 0. The molecule has 0 bridgehead atoms. The minimum Gasteiger partial charge on any atom is -0.365 e. The zero-order valence-corrected chi connectivity index (χ0v) is 8.29. The van der Waals surface area contributed by atoms with Crippen LogP contribution in [0.15, 0.2) is 36.7 Å². The minimum absolute atomic E-state index is 0.339. The van der Waals surface area contributed by atoms with Gasteiger partial charge in [0.05, 0.1) is 11.7 Å². The first-order valence-corrected chi connectivity index (χ1v) is 4.78. The monoisotopic (exact) mass is 212 g/mol. The second-order valence-electron chi connectivity index (χ2n) is 3.47. The van der Waals surface area contributed by atoms with Gasteiger partial charge in [-0.2, -0.15) is 5.10 Å². The van der Waals surface area contributed by atoms with Gasteiger partial charge in [-0.05, 0) is 6.07 Å². The quantitative estimate of drug-likeness (QED) is 0.653. The average Bonchev–Trinajstić information content (AvgIpc) is 2.73. The van der Waals surface area contributed by atoms with E-state index in [0.717, 1.165) is 10.9 Å². The maximum atomic E-state index is 11.1. The van der Waals surface area contributed by atoms with Gasteiger partial charge >= 0.3 is 0 Å². The van der Waals surface area contributed by atoms with Crippen LogP contribution in [0.5, 0.6) is 0 Å². The number of rotatable bonds is 1. The number of primary amides is 1. The molecule has 0 aliphatic heterocycles. The molecule has 16 heavy (non-hydrogen) atoms. The Balaban J connectivity index is 2.49. The summed E-state index contributed by atoms with van der Waals surface area (Å²) in [6.45, 7) is 0. The van der Waals surface area contributed by atoms with Crippen LogP contribution in [-0.4, -0.2) is 20.5 Å². The van der Waals surface area contributed by atoms with E-state index in [1.807, 2.05) is 24.3 Å². The summed E-state index contributed by atoms with van der Waals surface area (Å²) in [5.41, 5.74) is 6.97. The normalized spacial score (nSPS) is 11.0. The molecular weight excluding hydrogens is 204 g/mol. The zero-order valence-electron chi connectivity index (χ0n) is 8.29. The Morgan fingerprint density at radius 2 is 2.06 bits per heavy atom. The summed E-state index contributed by atoms with van der Waals surface area (Å²) in [6.07, 6.45) is 3.15. The Hall–Kier alpha value is -2.43. The van der Waals surface area contributed by atoms with Crippen LogP contribution in [-0.2, 0) is 0 Å². The maximum Gasteiger partial charge on any atom is 0.254 e. The largest absolute Gasteiger partial charge is 0.365 e. The molecule has 0 aliphatic rings. The third-order valence-electron chi connectivity index (χ3n) is 2.50. The van der Waals surface area contributed by atoms with Gasteiger partial charge < -0.3 is 5.73 Å². The molecule has 0 unspecified atom stereocenters. The van der Waals surface area contributed by atoms with Crippen molar-refractivity contribution in [2.24, 2.45) is 5.73 Å². The Morgan fingerprint density at radius 3 is 2.88 bits per heavy atom. The molecule has 2 N–H and O–H groups in total. The fourth-order valence-corrected chi connectivity index (χ4v) is 1.74. The van der Waals surface area contributed by atoms with Gasteiger partial charge in [0.1, 0.15) is 5.56 Å².